The number of H-pyrrole nitrogens is 1. The summed E-state index contributed by atoms with van der Waals surface area (Å²) in [5.74, 6) is -0.617. The SMILES string of the molecule is Cc1nc2[nH]n(C)c(=O)c2c(C)c1CCC(=O)Nc1cccc(F)c1. The van der Waals surface area contributed by atoms with Crippen LogP contribution in [-0.4, -0.2) is 20.7 Å². The lowest BCUT2D eigenvalue weighted by molar-refractivity contribution is -0.116. The van der Waals surface area contributed by atoms with Crippen molar-refractivity contribution >= 4 is 22.6 Å². The zero-order valence-corrected chi connectivity index (χ0v) is 14.3. The first-order valence-electron chi connectivity index (χ1n) is 7.97. The summed E-state index contributed by atoms with van der Waals surface area (Å²) in [6.45, 7) is 3.73. The van der Waals surface area contributed by atoms with Crippen molar-refractivity contribution in [3.63, 3.8) is 0 Å². The first kappa shape index (κ1) is 16.9. The molecular weight excluding hydrogens is 323 g/mol. The molecule has 3 rings (SSSR count). The lowest BCUT2D eigenvalue weighted by Crippen LogP contribution is -2.14. The Hall–Kier alpha value is -2.96. The number of nitrogens with one attached hydrogen (secondary N) is 2. The maximum absolute atomic E-state index is 13.2. The summed E-state index contributed by atoms with van der Waals surface area (Å²) in [5, 5.41) is 6.14. The molecule has 2 aromatic heterocycles. The molecule has 0 unspecified atom stereocenters. The average molecular weight is 342 g/mol. The van der Waals surface area contributed by atoms with E-state index in [0.29, 0.717) is 23.1 Å². The van der Waals surface area contributed by atoms with Gasteiger partial charge in [0.25, 0.3) is 5.56 Å². The fourth-order valence-electron chi connectivity index (χ4n) is 3.01. The highest BCUT2D eigenvalue weighted by molar-refractivity contribution is 5.91. The monoisotopic (exact) mass is 342 g/mol. The van der Waals surface area contributed by atoms with Crippen LogP contribution in [0.2, 0.25) is 0 Å². The Labute approximate surface area is 143 Å². The van der Waals surface area contributed by atoms with Gasteiger partial charge in [0.05, 0.1) is 5.39 Å². The number of aromatic amines is 1. The molecule has 2 heterocycles. The molecular formula is C18H19FN4O2. The van der Waals surface area contributed by atoms with E-state index in [1.807, 2.05) is 13.8 Å². The summed E-state index contributed by atoms with van der Waals surface area (Å²) in [5.41, 5.74) is 3.35. The minimum absolute atomic E-state index is 0.134. The molecule has 0 radical (unpaired) electrons. The van der Waals surface area contributed by atoms with Crippen molar-refractivity contribution in [3.05, 3.63) is 57.3 Å². The van der Waals surface area contributed by atoms with Crippen LogP contribution in [0, 0.1) is 19.7 Å². The number of amides is 1. The second-order valence-corrected chi connectivity index (χ2v) is 6.06. The summed E-state index contributed by atoms with van der Waals surface area (Å²) in [4.78, 5) is 28.8. The first-order chi connectivity index (χ1) is 11.9. The van der Waals surface area contributed by atoms with E-state index in [9.17, 15) is 14.0 Å². The molecule has 3 aromatic rings. The number of halogens is 1. The number of hydrogen-bond acceptors (Lipinski definition) is 3. The largest absolute Gasteiger partial charge is 0.326 e. The van der Waals surface area contributed by atoms with Crippen LogP contribution >= 0.6 is 0 Å². The maximum atomic E-state index is 13.2. The first-order valence-corrected chi connectivity index (χ1v) is 7.97. The quantitative estimate of drug-likeness (QED) is 0.765. The van der Waals surface area contributed by atoms with Crippen LogP contribution in [0.15, 0.2) is 29.1 Å². The third-order valence-corrected chi connectivity index (χ3v) is 4.28. The van der Waals surface area contributed by atoms with Crippen LogP contribution in [-0.2, 0) is 18.3 Å². The molecule has 0 aliphatic carbocycles. The normalized spacial score (nSPS) is 11.0. The number of pyridine rings is 1. The lowest BCUT2D eigenvalue weighted by Gasteiger charge is -2.10. The predicted molar refractivity (Wildman–Crippen MR) is 94.2 cm³/mol. The number of hydrogen-bond donors (Lipinski definition) is 2. The zero-order valence-electron chi connectivity index (χ0n) is 14.3. The fourth-order valence-corrected chi connectivity index (χ4v) is 3.01. The summed E-state index contributed by atoms with van der Waals surface area (Å²) >= 11 is 0. The van der Waals surface area contributed by atoms with Crippen molar-refractivity contribution in [2.75, 3.05) is 5.32 Å². The van der Waals surface area contributed by atoms with Crippen molar-refractivity contribution in [1.82, 2.24) is 14.8 Å². The van der Waals surface area contributed by atoms with Crippen LogP contribution in [0.25, 0.3) is 11.0 Å². The van der Waals surface area contributed by atoms with E-state index in [-0.39, 0.29) is 17.9 Å². The van der Waals surface area contributed by atoms with E-state index in [2.05, 4.69) is 15.4 Å². The Morgan fingerprint density at radius 2 is 2.12 bits per heavy atom. The van der Waals surface area contributed by atoms with Gasteiger partial charge in [-0.1, -0.05) is 6.07 Å². The number of benzene rings is 1. The van der Waals surface area contributed by atoms with E-state index in [1.54, 1.807) is 19.2 Å². The summed E-state index contributed by atoms with van der Waals surface area (Å²) in [6.07, 6.45) is 0.673. The number of aryl methyl sites for hydroxylation is 3. The highest BCUT2D eigenvalue weighted by Crippen LogP contribution is 2.21. The van der Waals surface area contributed by atoms with E-state index >= 15 is 0 Å². The lowest BCUT2D eigenvalue weighted by atomic mass is 10.0. The van der Waals surface area contributed by atoms with Crippen molar-refractivity contribution in [3.8, 4) is 0 Å². The summed E-state index contributed by atoms with van der Waals surface area (Å²) in [6, 6.07) is 5.76. The van der Waals surface area contributed by atoms with Gasteiger partial charge in [-0.3, -0.25) is 19.4 Å². The van der Waals surface area contributed by atoms with Crippen LogP contribution in [0.5, 0.6) is 0 Å². The number of aromatic nitrogens is 3. The van der Waals surface area contributed by atoms with E-state index < -0.39 is 5.82 Å². The molecule has 7 heteroatoms. The summed E-state index contributed by atoms with van der Waals surface area (Å²) < 4.78 is 14.6. The highest BCUT2D eigenvalue weighted by atomic mass is 19.1. The smallest absolute Gasteiger partial charge is 0.276 e. The molecule has 0 aliphatic rings. The molecule has 0 atom stereocenters. The van der Waals surface area contributed by atoms with Crippen molar-refractivity contribution in [1.29, 1.82) is 0 Å². The van der Waals surface area contributed by atoms with Gasteiger partial charge in [0.2, 0.25) is 5.91 Å². The molecule has 1 aromatic carbocycles. The minimum atomic E-state index is -0.401. The van der Waals surface area contributed by atoms with Crippen LogP contribution in [0.3, 0.4) is 0 Å². The third-order valence-electron chi connectivity index (χ3n) is 4.28. The Morgan fingerprint density at radius 3 is 2.84 bits per heavy atom. The molecule has 6 nitrogen and oxygen atoms in total. The molecule has 0 saturated carbocycles. The molecule has 2 N–H and O–H groups in total. The number of rotatable bonds is 4. The Bertz CT molecular complexity index is 1020. The Kier molecular flexibility index (Phi) is 4.39. The van der Waals surface area contributed by atoms with Gasteiger partial charge in [-0.2, -0.15) is 0 Å². The van der Waals surface area contributed by atoms with Gasteiger partial charge in [0.15, 0.2) is 5.65 Å². The van der Waals surface area contributed by atoms with Gasteiger partial charge < -0.3 is 5.32 Å². The number of nitrogens with zero attached hydrogens (tertiary/aromatic N) is 2. The predicted octanol–water partition coefficient (Wildman–Crippen LogP) is 2.59. The second-order valence-electron chi connectivity index (χ2n) is 6.06. The van der Waals surface area contributed by atoms with Crippen LogP contribution < -0.4 is 10.9 Å². The highest BCUT2D eigenvalue weighted by Gasteiger charge is 2.16. The van der Waals surface area contributed by atoms with Crippen molar-refractivity contribution < 1.29 is 9.18 Å². The van der Waals surface area contributed by atoms with Gasteiger partial charge >= 0.3 is 0 Å². The van der Waals surface area contributed by atoms with Crippen molar-refractivity contribution in [2.45, 2.75) is 26.7 Å². The van der Waals surface area contributed by atoms with Crippen molar-refractivity contribution in [2.24, 2.45) is 7.05 Å². The standard InChI is InChI=1S/C18H19FN4O2/c1-10-14(11(2)20-17-16(10)18(25)23(3)22-17)7-8-15(24)21-13-6-4-5-12(19)9-13/h4-6,9H,7-8H2,1-3H3,(H,20,22)(H,21,24). The van der Waals surface area contributed by atoms with Gasteiger partial charge in [-0.25, -0.2) is 9.37 Å². The zero-order chi connectivity index (χ0) is 18.1. The molecule has 130 valence electrons. The van der Waals surface area contributed by atoms with Gasteiger partial charge in [0, 0.05) is 24.8 Å². The molecule has 25 heavy (non-hydrogen) atoms. The molecule has 1 amide bonds. The average Bonchev–Trinajstić information content (AvgIpc) is 2.81. The van der Waals surface area contributed by atoms with E-state index in [0.717, 1.165) is 16.8 Å². The molecule has 0 spiro atoms. The second kappa shape index (κ2) is 6.51. The molecule has 0 aliphatic heterocycles. The number of fused-ring (bicyclic) bond motifs is 1. The van der Waals surface area contributed by atoms with Crippen LogP contribution in [0.1, 0.15) is 23.2 Å². The van der Waals surface area contributed by atoms with Gasteiger partial charge in [-0.15, -0.1) is 0 Å². The Balaban J connectivity index is 1.80. The fraction of sp³-hybridized carbons (Fsp3) is 0.278. The molecule has 0 fully saturated rings. The third kappa shape index (κ3) is 3.31. The maximum Gasteiger partial charge on any atom is 0.276 e. The Morgan fingerprint density at radius 1 is 1.36 bits per heavy atom. The van der Waals surface area contributed by atoms with E-state index in [1.165, 1.54) is 16.8 Å². The van der Waals surface area contributed by atoms with Crippen LogP contribution in [0.4, 0.5) is 10.1 Å². The van der Waals surface area contributed by atoms with Gasteiger partial charge in [0.1, 0.15) is 5.82 Å². The van der Waals surface area contributed by atoms with Gasteiger partial charge in [-0.05, 0) is 49.6 Å². The topological polar surface area (TPSA) is 79.8 Å². The molecule has 0 saturated heterocycles. The van der Waals surface area contributed by atoms with E-state index in [4.69, 9.17) is 0 Å². The summed E-state index contributed by atoms with van der Waals surface area (Å²) in [7, 11) is 1.64. The number of anilines is 1. The number of carbonyl (C=O) groups is 1. The molecule has 0 bridgehead atoms. The minimum Gasteiger partial charge on any atom is -0.326 e. The number of carbonyl (C=O) groups excluding carboxylic acids is 1.